The second kappa shape index (κ2) is 11.4. The van der Waals surface area contributed by atoms with E-state index in [1.165, 1.54) is 16.7 Å². The fourth-order valence-electron chi connectivity index (χ4n) is 6.33. The zero-order valence-electron chi connectivity index (χ0n) is 23.5. The molecule has 2 aliphatic carbocycles. The molecule has 1 aliphatic heterocycles. The molecule has 0 unspecified atom stereocenters. The highest BCUT2D eigenvalue weighted by Crippen LogP contribution is 2.46. The maximum absolute atomic E-state index is 14.3. The lowest BCUT2D eigenvalue weighted by Crippen LogP contribution is -2.36. The number of nitrogens with one attached hydrogen (secondary N) is 1. The van der Waals surface area contributed by atoms with Crippen molar-refractivity contribution in [3.63, 3.8) is 0 Å². The topological polar surface area (TPSA) is 41.6 Å². The van der Waals surface area contributed by atoms with Crippen LogP contribution in [0.5, 0.6) is 5.75 Å². The number of halogens is 3. The summed E-state index contributed by atoms with van der Waals surface area (Å²) in [5.74, 6) is -2.86. The number of allylic oxidation sites excluding steroid dienone is 1. The zero-order valence-corrected chi connectivity index (χ0v) is 23.5. The van der Waals surface area contributed by atoms with Gasteiger partial charge in [-0.15, -0.1) is 0 Å². The molecule has 1 saturated carbocycles. The highest BCUT2D eigenvalue weighted by atomic mass is 19.1. The minimum Gasteiger partial charge on any atom is -0.487 e. The highest BCUT2D eigenvalue weighted by Gasteiger charge is 2.44. The van der Waals surface area contributed by atoms with Gasteiger partial charge >= 0.3 is 0 Å². The summed E-state index contributed by atoms with van der Waals surface area (Å²) in [6.45, 7) is 6.67. The van der Waals surface area contributed by atoms with Gasteiger partial charge in [-0.25, -0.2) is 13.2 Å². The van der Waals surface area contributed by atoms with Gasteiger partial charge in [0.1, 0.15) is 5.82 Å². The Balaban J connectivity index is 1.21. The number of carbonyl (C=O) groups excluding carboxylic acids is 1. The molecule has 0 radical (unpaired) electrons. The lowest BCUT2D eigenvalue weighted by Gasteiger charge is -2.27. The Morgan fingerprint density at radius 3 is 2.44 bits per heavy atom. The number of nitrogens with zero attached hydrogens (tertiary/aromatic N) is 1. The average Bonchev–Trinajstić information content (AvgIpc) is 3.57. The maximum Gasteiger partial charge on any atom is 0.250 e. The fourth-order valence-corrected chi connectivity index (χ4v) is 6.33. The number of ether oxygens (including phenoxy) is 1. The summed E-state index contributed by atoms with van der Waals surface area (Å²) in [4.78, 5) is 16.4. The van der Waals surface area contributed by atoms with Gasteiger partial charge in [-0.05, 0) is 79.0 Å². The van der Waals surface area contributed by atoms with Crippen molar-refractivity contribution in [2.45, 2.75) is 52.1 Å². The summed E-state index contributed by atoms with van der Waals surface area (Å²) in [6.07, 6.45) is 3.40. The molecule has 6 rings (SSSR count). The van der Waals surface area contributed by atoms with E-state index in [1.807, 2.05) is 24.3 Å². The van der Waals surface area contributed by atoms with Crippen molar-refractivity contribution in [1.82, 2.24) is 10.2 Å². The lowest BCUT2D eigenvalue weighted by atomic mass is 9.93. The van der Waals surface area contributed by atoms with E-state index in [2.05, 4.69) is 42.3 Å². The fraction of sp³-hybridized carbons (Fsp3) is 0.382. The van der Waals surface area contributed by atoms with E-state index in [-0.39, 0.29) is 18.4 Å². The van der Waals surface area contributed by atoms with Gasteiger partial charge in [0.15, 0.2) is 17.4 Å². The van der Waals surface area contributed by atoms with E-state index < -0.39 is 23.2 Å². The quantitative estimate of drug-likeness (QED) is 0.324. The zero-order chi connectivity index (χ0) is 28.7. The Kier molecular flexibility index (Phi) is 7.64. The number of carbonyl (C=O) groups is 1. The van der Waals surface area contributed by atoms with Crippen LogP contribution in [0.2, 0.25) is 0 Å². The van der Waals surface area contributed by atoms with Crippen LogP contribution in [-0.4, -0.2) is 36.5 Å². The Morgan fingerprint density at radius 2 is 1.73 bits per heavy atom. The first kappa shape index (κ1) is 27.6. The number of benzene rings is 3. The van der Waals surface area contributed by atoms with Gasteiger partial charge in [-0.1, -0.05) is 42.5 Å². The molecular formula is C34H35F3N2O2. The molecule has 3 aromatic rings. The van der Waals surface area contributed by atoms with Crippen LogP contribution in [-0.2, 0) is 17.8 Å². The first-order valence-corrected chi connectivity index (χ1v) is 14.5. The smallest absolute Gasteiger partial charge is 0.250 e. The van der Waals surface area contributed by atoms with E-state index in [0.717, 1.165) is 54.6 Å². The summed E-state index contributed by atoms with van der Waals surface area (Å²) in [6, 6.07) is 15.9. The lowest BCUT2D eigenvalue weighted by molar-refractivity contribution is -0.128. The third kappa shape index (κ3) is 5.65. The van der Waals surface area contributed by atoms with Crippen LogP contribution in [0.3, 0.4) is 0 Å². The Hall–Kier alpha value is -3.58. The van der Waals surface area contributed by atoms with Crippen molar-refractivity contribution < 1.29 is 22.7 Å². The van der Waals surface area contributed by atoms with Crippen molar-refractivity contribution in [2.24, 2.45) is 11.8 Å². The molecule has 0 spiro atoms. The third-order valence-electron chi connectivity index (χ3n) is 8.94. The minimum atomic E-state index is -1.05. The number of amides is 1. The normalized spacial score (nSPS) is 19.9. The highest BCUT2D eigenvalue weighted by molar-refractivity contribution is 6.03. The molecule has 0 aromatic heterocycles. The van der Waals surface area contributed by atoms with E-state index in [0.29, 0.717) is 37.1 Å². The van der Waals surface area contributed by atoms with E-state index >= 15 is 0 Å². The molecule has 2 atom stereocenters. The molecule has 3 aromatic carbocycles. The number of fused-ring (bicyclic) bond motifs is 1. The van der Waals surface area contributed by atoms with Crippen molar-refractivity contribution in [3.05, 3.63) is 105 Å². The number of hydrogen-bond acceptors (Lipinski definition) is 3. The summed E-state index contributed by atoms with van der Waals surface area (Å²) in [5.41, 5.74) is 7.77. The van der Waals surface area contributed by atoms with Crippen LogP contribution in [0.1, 0.15) is 47.1 Å². The van der Waals surface area contributed by atoms with Gasteiger partial charge in [0.25, 0.3) is 5.91 Å². The second-order valence-electron chi connectivity index (χ2n) is 11.6. The predicted molar refractivity (Wildman–Crippen MR) is 153 cm³/mol. The number of aryl methyl sites for hydroxylation is 1. The van der Waals surface area contributed by atoms with Crippen LogP contribution in [0.25, 0.3) is 5.57 Å². The van der Waals surface area contributed by atoms with E-state index in [9.17, 15) is 18.0 Å². The molecule has 41 heavy (non-hydrogen) atoms. The molecule has 2 fully saturated rings. The van der Waals surface area contributed by atoms with Gasteiger partial charge in [-0.3, -0.25) is 4.79 Å². The molecule has 1 saturated heterocycles. The molecule has 0 bridgehead atoms. The van der Waals surface area contributed by atoms with Crippen molar-refractivity contribution in [1.29, 1.82) is 0 Å². The van der Waals surface area contributed by atoms with Crippen LogP contribution >= 0.6 is 0 Å². The molecular weight excluding hydrogens is 525 g/mol. The first-order chi connectivity index (χ1) is 19.8. The standard InChI is InChI=1S/C34H35F3N2O2/c1-20-4-3-5-24(21(20)2)19-39(27-10-11-27)34(40)32-28(14-25-17-38-18-29(25)32)23-8-6-22(7-9-23)12-13-41-33-30(36)15-26(35)16-31(33)37/h3-9,15-16,25,27,29,38H,10-14,17-19H2,1-2H3/t25-,29+/m0/s1. The first-order valence-electron chi connectivity index (χ1n) is 14.5. The molecule has 1 amide bonds. The Bertz CT molecular complexity index is 1470. The van der Waals surface area contributed by atoms with Crippen LogP contribution < -0.4 is 10.1 Å². The SMILES string of the molecule is Cc1cccc(CN(C(=O)C2=C(c3ccc(CCOc4c(F)cc(F)cc4F)cc3)C[C@H]3CNC[C@@H]23)C2CC2)c1C. The van der Waals surface area contributed by atoms with Crippen molar-refractivity contribution >= 4 is 11.5 Å². The molecule has 214 valence electrons. The van der Waals surface area contributed by atoms with Gasteiger partial charge in [0, 0.05) is 49.2 Å². The van der Waals surface area contributed by atoms with E-state index in [1.54, 1.807) is 0 Å². The van der Waals surface area contributed by atoms with Crippen molar-refractivity contribution in [2.75, 3.05) is 19.7 Å². The number of hydrogen-bond donors (Lipinski definition) is 1. The van der Waals surface area contributed by atoms with Gasteiger partial charge in [-0.2, -0.15) is 0 Å². The molecule has 3 aliphatic rings. The monoisotopic (exact) mass is 560 g/mol. The summed E-state index contributed by atoms with van der Waals surface area (Å²) in [7, 11) is 0. The van der Waals surface area contributed by atoms with Gasteiger partial charge in [0.2, 0.25) is 0 Å². The van der Waals surface area contributed by atoms with Crippen molar-refractivity contribution in [3.8, 4) is 5.75 Å². The van der Waals surface area contributed by atoms with Crippen LogP contribution in [0, 0.1) is 43.1 Å². The molecule has 4 nitrogen and oxygen atoms in total. The Morgan fingerprint density at radius 1 is 1.00 bits per heavy atom. The average molecular weight is 561 g/mol. The minimum absolute atomic E-state index is 0.0514. The summed E-state index contributed by atoms with van der Waals surface area (Å²) in [5, 5.41) is 3.49. The molecule has 1 N–H and O–H groups in total. The van der Waals surface area contributed by atoms with Gasteiger partial charge < -0.3 is 15.0 Å². The maximum atomic E-state index is 14.3. The summed E-state index contributed by atoms with van der Waals surface area (Å²) < 4.78 is 46.2. The van der Waals surface area contributed by atoms with Crippen LogP contribution in [0.15, 0.2) is 60.2 Å². The molecule has 1 heterocycles. The summed E-state index contributed by atoms with van der Waals surface area (Å²) >= 11 is 0. The Labute approximate surface area is 239 Å². The third-order valence-corrected chi connectivity index (χ3v) is 8.94. The van der Waals surface area contributed by atoms with E-state index in [4.69, 9.17) is 4.74 Å². The second-order valence-corrected chi connectivity index (χ2v) is 11.6. The number of rotatable bonds is 9. The van der Waals surface area contributed by atoms with Gasteiger partial charge in [0.05, 0.1) is 6.61 Å². The molecule has 7 heteroatoms. The predicted octanol–water partition coefficient (Wildman–Crippen LogP) is 6.53. The largest absolute Gasteiger partial charge is 0.487 e. The van der Waals surface area contributed by atoms with Crippen LogP contribution in [0.4, 0.5) is 13.2 Å².